The summed E-state index contributed by atoms with van der Waals surface area (Å²) in [5, 5.41) is 7.44. The number of unbranched alkanes of at least 4 members (excludes halogenated alkanes) is 1. The molecule has 3 heteroatoms. The van der Waals surface area contributed by atoms with Crippen LogP contribution in [-0.4, -0.2) is 10.2 Å². The van der Waals surface area contributed by atoms with E-state index in [4.69, 9.17) is 5.73 Å². The van der Waals surface area contributed by atoms with Crippen molar-refractivity contribution in [3.8, 4) is 0 Å². The van der Waals surface area contributed by atoms with E-state index in [0.717, 1.165) is 5.92 Å². The first-order valence-corrected chi connectivity index (χ1v) is 7.97. The van der Waals surface area contributed by atoms with Gasteiger partial charge in [0, 0.05) is 17.2 Å². The van der Waals surface area contributed by atoms with Crippen molar-refractivity contribution in [3.05, 3.63) is 11.3 Å². The van der Waals surface area contributed by atoms with Crippen molar-refractivity contribution < 1.29 is 0 Å². The van der Waals surface area contributed by atoms with E-state index in [0.29, 0.717) is 17.7 Å². The summed E-state index contributed by atoms with van der Waals surface area (Å²) in [6.07, 6.45) is 9.50. The zero-order valence-electron chi connectivity index (χ0n) is 12.7. The molecule has 1 aromatic heterocycles. The zero-order valence-corrected chi connectivity index (χ0v) is 12.7. The number of hydrogen-bond acceptors (Lipinski definition) is 2. The molecule has 2 rings (SSSR count). The van der Waals surface area contributed by atoms with E-state index >= 15 is 0 Å². The van der Waals surface area contributed by atoms with E-state index in [1.165, 1.54) is 56.2 Å². The summed E-state index contributed by atoms with van der Waals surface area (Å²) in [7, 11) is 0. The number of nitrogen functional groups attached to an aromatic ring is 1. The third-order valence-corrected chi connectivity index (χ3v) is 4.66. The number of nitrogens with one attached hydrogen (secondary N) is 1. The molecule has 108 valence electrons. The first kappa shape index (κ1) is 14.4. The molecule has 0 aromatic carbocycles. The highest BCUT2D eigenvalue weighted by Crippen LogP contribution is 2.40. The molecular weight excluding hydrogens is 234 g/mol. The molecule has 0 atom stereocenters. The van der Waals surface area contributed by atoms with Crippen molar-refractivity contribution >= 4 is 5.82 Å². The molecule has 0 bridgehead atoms. The molecule has 1 aliphatic carbocycles. The van der Waals surface area contributed by atoms with Crippen LogP contribution in [0.25, 0.3) is 0 Å². The van der Waals surface area contributed by atoms with Crippen LogP contribution < -0.4 is 5.73 Å². The fourth-order valence-corrected chi connectivity index (χ4v) is 3.53. The molecule has 3 N–H and O–H groups in total. The molecule has 1 aliphatic rings. The highest BCUT2D eigenvalue weighted by atomic mass is 15.2. The Morgan fingerprint density at radius 2 is 1.95 bits per heavy atom. The molecule has 1 aromatic rings. The molecular formula is C16H29N3. The number of anilines is 1. The minimum atomic E-state index is 0.464. The van der Waals surface area contributed by atoms with E-state index in [2.05, 4.69) is 31.0 Å². The van der Waals surface area contributed by atoms with Gasteiger partial charge in [-0.15, -0.1) is 0 Å². The van der Waals surface area contributed by atoms with E-state index in [9.17, 15) is 0 Å². The second-order valence-electron chi connectivity index (χ2n) is 6.45. The minimum absolute atomic E-state index is 0.464. The summed E-state index contributed by atoms with van der Waals surface area (Å²) in [5.74, 6) is 2.78. The summed E-state index contributed by atoms with van der Waals surface area (Å²) >= 11 is 0. The molecule has 1 fully saturated rings. The van der Waals surface area contributed by atoms with E-state index in [-0.39, 0.29) is 0 Å². The molecule has 0 spiro atoms. The Morgan fingerprint density at radius 3 is 2.53 bits per heavy atom. The molecule has 1 heterocycles. The fourth-order valence-electron chi connectivity index (χ4n) is 3.53. The first-order chi connectivity index (χ1) is 9.13. The normalized spacial score (nSPS) is 24.0. The van der Waals surface area contributed by atoms with E-state index in [1.807, 2.05) is 0 Å². The van der Waals surface area contributed by atoms with Crippen LogP contribution in [0.4, 0.5) is 5.82 Å². The number of hydrogen-bond donors (Lipinski definition) is 2. The quantitative estimate of drug-likeness (QED) is 0.817. The van der Waals surface area contributed by atoms with Crippen molar-refractivity contribution in [1.29, 1.82) is 0 Å². The summed E-state index contributed by atoms with van der Waals surface area (Å²) in [6, 6.07) is 0. The Labute approximate surface area is 117 Å². The van der Waals surface area contributed by atoms with Gasteiger partial charge in [0.1, 0.15) is 5.82 Å². The molecule has 3 nitrogen and oxygen atoms in total. The minimum Gasteiger partial charge on any atom is -0.382 e. The van der Waals surface area contributed by atoms with Crippen LogP contribution in [0, 0.1) is 5.92 Å². The molecule has 1 saturated carbocycles. The topological polar surface area (TPSA) is 54.7 Å². The number of nitrogens with zero attached hydrogens (tertiary/aromatic N) is 1. The van der Waals surface area contributed by atoms with Crippen molar-refractivity contribution in [3.63, 3.8) is 0 Å². The van der Waals surface area contributed by atoms with Gasteiger partial charge in [-0.3, -0.25) is 5.10 Å². The van der Waals surface area contributed by atoms with Gasteiger partial charge in [0.2, 0.25) is 0 Å². The lowest BCUT2D eigenvalue weighted by atomic mass is 9.77. The number of H-pyrrole nitrogens is 1. The van der Waals surface area contributed by atoms with Gasteiger partial charge in [-0.2, -0.15) is 5.10 Å². The number of aromatic amines is 1. The Balaban J connectivity index is 1.98. The van der Waals surface area contributed by atoms with Gasteiger partial charge in [-0.1, -0.05) is 40.0 Å². The maximum absolute atomic E-state index is 6.00. The van der Waals surface area contributed by atoms with Gasteiger partial charge >= 0.3 is 0 Å². The van der Waals surface area contributed by atoms with Crippen LogP contribution >= 0.6 is 0 Å². The lowest BCUT2D eigenvalue weighted by Gasteiger charge is -2.28. The lowest BCUT2D eigenvalue weighted by molar-refractivity contribution is 0.300. The number of rotatable bonds is 5. The van der Waals surface area contributed by atoms with Crippen molar-refractivity contribution in [2.24, 2.45) is 5.92 Å². The second kappa shape index (κ2) is 6.44. The Morgan fingerprint density at radius 1 is 1.26 bits per heavy atom. The van der Waals surface area contributed by atoms with Crippen LogP contribution in [-0.2, 0) is 0 Å². The molecule has 0 unspecified atom stereocenters. The molecule has 0 saturated heterocycles. The van der Waals surface area contributed by atoms with Gasteiger partial charge in [0.15, 0.2) is 0 Å². The van der Waals surface area contributed by atoms with Crippen LogP contribution in [0.2, 0.25) is 0 Å². The monoisotopic (exact) mass is 263 g/mol. The molecule has 0 amide bonds. The van der Waals surface area contributed by atoms with Crippen LogP contribution in [0.5, 0.6) is 0 Å². The smallest absolute Gasteiger partial charge is 0.148 e. The third-order valence-electron chi connectivity index (χ3n) is 4.66. The van der Waals surface area contributed by atoms with E-state index < -0.39 is 0 Å². The molecule has 0 radical (unpaired) electrons. The number of nitrogens with two attached hydrogens (primary N) is 1. The maximum atomic E-state index is 6.00. The van der Waals surface area contributed by atoms with E-state index in [1.54, 1.807) is 0 Å². The predicted molar refractivity (Wildman–Crippen MR) is 81.3 cm³/mol. The summed E-state index contributed by atoms with van der Waals surface area (Å²) in [6.45, 7) is 6.70. The second-order valence-corrected chi connectivity index (χ2v) is 6.45. The average Bonchev–Trinajstić information content (AvgIpc) is 2.79. The van der Waals surface area contributed by atoms with Gasteiger partial charge in [0.25, 0.3) is 0 Å². The van der Waals surface area contributed by atoms with Crippen LogP contribution in [0.1, 0.15) is 88.8 Å². The van der Waals surface area contributed by atoms with Crippen LogP contribution in [0.3, 0.4) is 0 Å². The van der Waals surface area contributed by atoms with Gasteiger partial charge in [-0.25, -0.2) is 0 Å². The summed E-state index contributed by atoms with van der Waals surface area (Å²) in [5.41, 5.74) is 8.58. The number of aromatic nitrogens is 2. The summed E-state index contributed by atoms with van der Waals surface area (Å²) < 4.78 is 0. The standard InChI is InChI=1S/C16H29N3/c1-4-5-6-12-7-9-13(10-8-12)15-14(11(2)3)16(17)19-18-15/h11-13H,4-10H2,1-3H3,(H3,17,18,19). The Bertz CT molecular complexity index is 387. The highest BCUT2D eigenvalue weighted by molar-refractivity contribution is 5.45. The Kier molecular flexibility index (Phi) is 4.89. The highest BCUT2D eigenvalue weighted by Gasteiger charge is 2.27. The van der Waals surface area contributed by atoms with Crippen molar-refractivity contribution in [2.75, 3.05) is 5.73 Å². The first-order valence-electron chi connectivity index (χ1n) is 7.97. The fraction of sp³-hybridized carbons (Fsp3) is 0.812. The van der Waals surface area contributed by atoms with Crippen molar-refractivity contribution in [2.45, 2.75) is 77.6 Å². The molecule has 0 aliphatic heterocycles. The van der Waals surface area contributed by atoms with Crippen LogP contribution in [0.15, 0.2) is 0 Å². The Hall–Kier alpha value is -0.990. The van der Waals surface area contributed by atoms with Crippen molar-refractivity contribution in [1.82, 2.24) is 10.2 Å². The van der Waals surface area contributed by atoms with Gasteiger partial charge < -0.3 is 5.73 Å². The molecule has 19 heavy (non-hydrogen) atoms. The average molecular weight is 263 g/mol. The zero-order chi connectivity index (χ0) is 13.8. The largest absolute Gasteiger partial charge is 0.382 e. The SMILES string of the molecule is CCCCC1CCC(c2[nH]nc(N)c2C(C)C)CC1. The van der Waals surface area contributed by atoms with Gasteiger partial charge in [-0.05, 0) is 37.5 Å². The predicted octanol–water partition coefficient (Wildman–Crippen LogP) is 4.58. The van der Waals surface area contributed by atoms with Gasteiger partial charge in [0.05, 0.1) is 0 Å². The summed E-state index contributed by atoms with van der Waals surface area (Å²) in [4.78, 5) is 0. The lowest BCUT2D eigenvalue weighted by Crippen LogP contribution is -2.15. The maximum Gasteiger partial charge on any atom is 0.148 e. The third kappa shape index (κ3) is 3.31.